The average Bonchev–Trinajstić information content (AvgIpc) is 2.90. The van der Waals surface area contributed by atoms with E-state index in [4.69, 9.17) is 4.42 Å². The van der Waals surface area contributed by atoms with E-state index >= 15 is 0 Å². The zero-order chi connectivity index (χ0) is 12.0. The van der Waals surface area contributed by atoms with Crippen LogP contribution < -0.4 is 0 Å². The Labute approximate surface area is 95.8 Å². The number of alkyl halides is 3. The monoisotopic (exact) mass is 247 g/mol. The van der Waals surface area contributed by atoms with Crippen LogP contribution in [0.1, 0.15) is 30.5 Å². The summed E-state index contributed by atoms with van der Waals surface area (Å²) in [6, 6.07) is 0. The molecule has 0 spiro atoms. The minimum atomic E-state index is -4.08. The molecule has 7 heteroatoms. The molecule has 1 saturated carbocycles. The van der Waals surface area contributed by atoms with Crippen molar-refractivity contribution in [2.75, 3.05) is 13.1 Å². The number of hydrogen-bond acceptors (Lipinski definition) is 4. The summed E-state index contributed by atoms with van der Waals surface area (Å²) in [4.78, 5) is 1.67. The standard InChI is InChI=1S/C10H12F3N3O/c11-10(12,13)7-3-16(4-7)5-8-14-15-9(17-8)6-1-2-6/h6-7H,1-5H2. The van der Waals surface area contributed by atoms with Crippen LogP contribution in [0, 0.1) is 5.92 Å². The Morgan fingerprint density at radius 3 is 2.53 bits per heavy atom. The van der Waals surface area contributed by atoms with Crippen molar-refractivity contribution in [3.05, 3.63) is 11.8 Å². The predicted octanol–water partition coefficient (Wildman–Crippen LogP) is 1.94. The second-order valence-corrected chi connectivity index (χ2v) is 4.74. The van der Waals surface area contributed by atoms with E-state index in [1.54, 1.807) is 4.90 Å². The lowest BCUT2D eigenvalue weighted by Gasteiger charge is -2.39. The Bertz CT molecular complexity index is 407. The van der Waals surface area contributed by atoms with Crippen LogP contribution >= 0.6 is 0 Å². The summed E-state index contributed by atoms with van der Waals surface area (Å²) >= 11 is 0. The van der Waals surface area contributed by atoms with E-state index in [2.05, 4.69) is 10.2 Å². The summed E-state index contributed by atoms with van der Waals surface area (Å²) in [6.45, 7) is 0.390. The lowest BCUT2D eigenvalue weighted by atomic mass is 10.00. The van der Waals surface area contributed by atoms with Crippen LogP contribution in [0.15, 0.2) is 4.42 Å². The summed E-state index contributed by atoms with van der Waals surface area (Å²) in [5.74, 6) is 0.240. The molecule has 1 aliphatic heterocycles. The Kier molecular flexibility index (Phi) is 2.39. The normalized spacial score (nSPS) is 22.8. The maximum Gasteiger partial charge on any atom is 0.394 e. The van der Waals surface area contributed by atoms with Gasteiger partial charge in [-0.25, -0.2) is 0 Å². The van der Waals surface area contributed by atoms with Crippen LogP contribution in [-0.2, 0) is 6.54 Å². The smallest absolute Gasteiger partial charge is 0.394 e. The van der Waals surface area contributed by atoms with Gasteiger partial charge in [-0.3, -0.25) is 4.90 Å². The molecule has 4 nitrogen and oxygen atoms in total. The lowest BCUT2D eigenvalue weighted by molar-refractivity contribution is -0.210. The molecule has 0 unspecified atom stereocenters. The molecule has 1 aromatic rings. The van der Waals surface area contributed by atoms with Gasteiger partial charge >= 0.3 is 6.18 Å². The molecule has 2 aliphatic rings. The minimum Gasteiger partial charge on any atom is -0.424 e. The van der Waals surface area contributed by atoms with Gasteiger partial charge in [0.15, 0.2) is 0 Å². The van der Waals surface area contributed by atoms with E-state index in [9.17, 15) is 13.2 Å². The van der Waals surface area contributed by atoms with Crippen molar-refractivity contribution in [3.63, 3.8) is 0 Å². The highest BCUT2D eigenvalue weighted by atomic mass is 19.4. The van der Waals surface area contributed by atoms with Crippen LogP contribution in [0.4, 0.5) is 13.2 Å². The number of likely N-dealkylation sites (tertiary alicyclic amines) is 1. The largest absolute Gasteiger partial charge is 0.424 e. The van der Waals surface area contributed by atoms with Crippen molar-refractivity contribution < 1.29 is 17.6 Å². The summed E-state index contributed by atoms with van der Waals surface area (Å²) in [5.41, 5.74) is 0. The molecule has 0 atom stereocenters. The van der Waals surface area contributed by atoms with Crippen LogP contribution in [0.5, 0.6) is 0 Å². The van der Waals surface area contributed by atoms with Crippen molar-refractivity contribution in [1.29, 1.82) is 0 Å². The third-order valence-corrected chi connectivity index (χ3v) is 3.19. The average molecular weight is 247 g/mol. The summed E-state index contributed by atoms with van der Waals surface area (Å²) < 4.78 is 42.1. The Morgan fingerprint density at radius 2 is 1.94 bits per heavy atom. The molecule has 3 rings (SSSR count). The molecule has 2 heterocycles. The number of hydrogen-bond donors (Lipinski definition) is 0. The Morgan fingerprint density at radius 1 is 1.24 bits per heavy atom. The highest BCUT2D eigenvalue weighted by molar-refractivity contribution is 5.00. The molecule has 1 saturated heterocycles. The maximum atomic E-state index is 12.3. The SMILES string of the molecule is FC(F)(F)C1CN(Cc2nnc(C3CC3)o2)C1. The van der Waals surface area contributed by atoms with E-state index in [-0.39, 0.29) is 13.1 Å². The fourth-order valence-corrected chi connectivity index (χ4v) is 1.92. The molecule has 0 bridgehead atoms. The molecule has 0 amide bonds. The predicted molar refractivity (Wildman–Crippen MR) is 51.1 cm³/mol. The quantitative estimate of drug-likeness (QED) is 0.818. The first kappa shape index (κ1) is 11.0. The number of nitrogens with zero attached hydrogens (tertiary/aromatic N) is 3. The summed E-state index contributed by atoms with van der Waals surface area (Å²) in [7, 11) is 0. The highest BCUT2D eigenvalue weighted by Gasteiger charge is 2.47. The minimum absolute atomic E-state index is 0.0324. The van der Waals surface area contributed by atoms with Crippen molar-refractivity contribution in [1.82, 2.24) is 15.1 Å². The van der Waals surface area contributed by atoms with E-state index in [0.29, 0.717) is 24.2 Å². The van der Waals surface area contributed by atoms with Gasteiger partial charge in [-0.1, -0.05) is 0 Å². The zero-order valence-electron chi connectivity index (χ0n) is 9.07. The fraction of sp³-hybridized carbons (Fsp3) is 0.800. The van der Waals surface area contributed by atoms with Gasteiger partial charge in [0, 0.05) is 19.0 Å². The second kappa shape index (κ2) is 3.69. The van der Waals surface area contributed by atoms with Crippen LogP contribution in [-0.4, -0.2) is 34.4 Å². The van der Waals surface area contributed by atoms with E-state index in [1.165, 1.54) is 0 Å². The molecule has 1 aliphatic carbocycles. The molecular formula is C10H12F3N3O. The molecule has 94 valence electrons. The van der Waals surface area contributed by atoms with Gasteiger partial charge in [0.25, 0.3) is 0 Å². The fourth-order valence-electron chi connectivity index (χ4n) is 1.92. The van der Waals surface area contributed by atoms with Gasteiger partial charge < -0.3 is 4.42 Å². The van der Waals surface area contributed by atoms with Gasteiger partial charge in [-0.15, -0.1) is 10.2 Å². The van der Waals surface area contributed by atoms with Gasteiger partial charge in [-0.2, -0.15) is 13.2 Å². The molecule has 0 N–H and O–H groups in total. The lowest BCUT2D eigenvalue weighted by Crippen LogP contribution is -2.52. The molecular weight excluding hydrogens is 235 g/mol. The van der Waals surface area contributed by atoms with Crippen LogP contribution in [0.3, 0.4) is 0 Å². The summed E-state index contributed by atoms with van der Waals surface area (Å²) in [5, 5.41) is 7.74. The number of halogens is 3. The molecule has 0 radical (unpaired) electrons. The van der Waals surface area contributed by atoms with Crippen LogP contribution in [0.25, 0.3) is 0 Å². The first-order valence-electron chi connectivity index (χ1n) is 5.63. The van der Waals surface area contributed by atoms with Crippen LogP contribution in [0.2, 0.25) is 0 Å². The molecule has 1 aromatic heterocycles. The second-order valence-electron chi connectivity index (χ2n) is 4.74. The number of rotatable bonds is 3. The van der Waals surface area contributed by atoms with Crippen molar-refractivity contribution in [2.45, 2.75) is 31.5 Å². The third kappa shape index (κ3) is 2.29. The first-order valence-corrected chi connectivity index (χ1v) is 5.63. The van der Waals surface area contributed by atoms with Gasteiger partial charge in [0.05, 0.1) is 12.5 Å². The van der Waals surface area contributed by atoms with Gasteiger partial charge in [0.1, 0.15) is 0 Å². The molecule has 0 aromatic carbocycles. The summed E-state index contributed by atoms with van der Waals surface area (Å²) in [6.07, 6.45) is -1.94. The third-order valence-electron chi connectivity index (χ3n) is 3.19. The van der Waals surface area contributed by atoms with E-state index in [0.717, 1.165) is 12.8 Å². The zero-order valence-corrected chi connectivity index (χ0v) is 9.07. The van der Waals surface area contributed by atoms with E-state index < -0.39 is 12.1 Å². The topological polar surface area (TPSA) is 42.2 Å². The van der Waals surface area contributed by atoms with Crippen molar-refractivity contribution >= 4 is 0 Å². The Hall–Kier alpha value is -1.11. The van der Waals surface area contributed by atoms with Crippen molar-refractivity contribution in [3.8, 4) is 0 Å². The van der Waals surface area contributed by atoms with E-state index in [1.807, 2.05) is 0 Å². The molecule has 17 heavy (non-hydrogen) atoms. The van der Waals surface area contributed by atoms with Gasteiger partial charge in [0.2, 0.25) is 11.8 Å². The van der Waals surface area contributed by atoms with Crippen molar-refractivity contribution in [2.24, 2.45) is 5.92 Å². The highest BCUT2D eigenvalue weighted by Crippen LogP contribution is 2.39. The Balaban J connectivity index is 1.51. The first-order chi connectivity index (χ1) is 8.02. The number of aromatic nitrogens is 2. The van der Waals surface area contributed by atoms with Gasteiger partial charge in [-0.05, 0) is 12.8 Å². The maximum absolute atomic E-state index is 12.3. The molecule has 2 fully saturated rings.